The minimum atomic E-state index is -0.111. The largest absolute Gasteiger partial charge is 0.350 e. The predicted molar refractivity (Wildman–Crippen MR) is 82.2 cm³/mol. The highest BCUT2D eigenvalue weighted by atomic mass is 14.9. The lowest BCUT2D eigenvalue weighted by Gasteiger charge is -2.23. The molecule has 0 aliphatic carbocycles. The standard InChI is InChI=1S/C16H25N3/c1-16(2,17)10-9-14(18-3)13-11-19(4)15-8-6-5-7-12(13)15/h5-8,11,14,18H,9-10,17H2,1-4H3. The molecule has 1 atom stereocenters. The first-order valence-electron chi connectivity index (χ1n) is 6.92. The van der Waals surface area contributed by atoms with Gasteiger partial charge >= 0.3 is 0 Å². The molecule has 3 N–H and O–H groups in total. The average molecular weight is 259 g/mol. The van der Waals surface area contributed by atoms with E-state index in [9.17, 15) is 0 Å². The van der Waals surface area contributed by atoms with Crippen LogP contribution in [0.1, 0.15) is 38.3 Å². The number of nitrogens with two attached hydrogens (primary N) is 1. The molecule has 2 aromatic rings. The Labute approximate surface area is 115 Å². The molecule has 0 spiro atoms. The van der Waals surface area contributed by atoms with Crippen LogP contribution >= 0.6 is 0 Å². The van der Waals surface area contributed by atoms with Crippen LogP contribution in [0.5, 0.6) is 0 Å². The van der Waals surface area contributed by atoms with E-state index in [2.05, 4.69) is 61.2 Å². The smallest absolute Gasteiger partial charge is 0.0481 e. The lowest BCUT2D eigenvalue weighted by atomic mass is 9.93. The number of para-hydroxylation sites is 1. The van der Waals surface area contributed by atoms with Gasteiger partial charge < -0.3 is 15.6 Å². The molecular formula is C16H25N3. The van der Waals surface area contributed by atoms with Crippen molar-refractivity contribution in [2.45, 2.75) is 38.3 Å². The lowest BCUT2D eigenvalue weighted by molar-refractivity contribution is 0.412. The molecule has 0 fully saturated rings. The molecular weight excluding hydrogens is 234 g/mol. The first-order chi connectivity index (χ1) is 8.92. The van der Waals surface area contributed by atoms with Gasteiger partial charge in [0, 0.05) is 35.7 Å². The Bertz CT molecular complexity index is 549. The topological polar surface area (TPSA) is 43.0 Å². The van der Waals surface area contributed by atoms with Crippen LogP contribution in [0.2, 0.25) is 0 Å². The lowest BCUT2D eigenvalue weighted by Crippen LogP contribution is -2.33. The van der Waals surface area contributed by atoms with Gasteiger partial charge in [-0.2, -0.15) is 0 Å². The predicted octanol–water partition coefficient (Wildman–Crippen LogP) is 2.96. The number of nitrogens with zero attached hydrogens (tertiary/aromatic N) is 1. The molecule has 0 amide bonds. The number of benzene rings is 1. The Kier molecular flexibility index (Phi) is 3.97. The van der Waals surface area contributed by atoms with Crippen LogP contribution in [-0.4, -0.2) is 17.2 Å². The Morgan fingerprint density at radius 3 is 2.63 bits per heavy atom. The minimum Gasteiger partial charge on any atom is -0.350 e. The number of hydrogen-bond acceptors (Lipinski definition) is 2. The maximum atomic E-state index is 6.10. The fourth-order valence-electron chi connectivity index (χ4n) is 2.62. The van der Waals surface area contributed by atoms with Crippen molar-refractivity contribution in [3.63, 3.8) is 0 Å². The molecule has 3 heteroatoms. The first kappa shape index (κ1) is 14.1. The summed E-state index contributed by atoms with van der Waals surface area (Å²) in [6, 6.07) is 8.91. The van der Waals surface area contributed by atoms with Crippen molar-refractivity contribution in [1.29, 1.82) is 0 Å². The maximum absolute atomic E-state index is 6.10. The van der Waals surface area contributed by atoms with E-state index in [1.807, 2.05) is 7.05 Å². The molecule has 1 unspecified atom stereocenters. The molecule has 19 heavy (non-hydrogen) atoms. The van der Waals surface area contributed by atoms with E-state index in [0.717, 1.165) is 12.8 Å². The van der Waals surface area contributed by atoms with Gasteiger partial charge in [-0.1, -0.05) is 18.2 Å². The summed E-state index contributed by atoms with van der Waals surface area (Å²) >= 11 is 0. The van der Waals surface area contributed by atoms with Crippen LogP contribution < -0.4 is 11.1 Å². The second-order valence-corrected chi connectivity index (χ2v) is 6.08. The summed E-state index contributed by atoms with van der Waals surface area (Å²) in [5.41, 5.74) is 8.64. The molecule has 1 aromatic heterocycles. The molecule has 1 heterocycles. The maximum Gasteiger partial charge on any atom is 0.0481 e. The third-order valence-electron chi connectivity index (χ3n) is 3.73. The van der Waals surface area contributed by atoms with Gasteiger partial charge in [0.25, 0.3) is 0 Å². The number of hydrogen-bond donors (Lipinski definition) is 2. The van der Waals surface area contributed by atoms with Gasteiger partial charge in [-0.3, -0.25) is 0 Å². The highest BCUT2D eigenvalue weighted by Gasteiger charge is 2.19. The zero-order valence-corrected chi connectivity index (χ0v) is 12.4. The van der Waals surface area contributed by atoms with Crippen molar-refractivity contribution in [2.24, 2.45) is 12.8 Å². The van der Waals surface area contributed by atoms with Gasteiger partial charge in [0.1, 0.15) is 0 Å². The molecule has 0 radical (unpaired) electrons. The van der Waals surface area contributed by atoms with Gasteiger partial charge in [-0.05, 0) is 45.4 Å². The molecule has 3 nitrogen and oxygen atoms in total. The van der Waals surface area contributed by atoms with E-state index >= 15 is 0 Å². The SMILES string of the molecule is CNC(CCC(C)(C)N)c1cn(C)c2ccccc12. The summed E-state index contributed by atoms with van der Waals surface area (Å²) in [6.45, 7) is 4.17. The van der Waals surface area contributed by atoms with Crippen molar-refractivity contribution >= 4 is 10.9 Å². The zero-order valence-electron chi connectivity index (χ0n) is 12.4. The summed E-state index contributed by atoms with van der Waals surface area (Å²) < 4.78 is 2.20. The Balaban J connectivity index is 2.31. The van der Waals surface area contributed by atoms with Crippen LogP contribution in [0.15, 0.2) is 30.5 Å². The van der Waals surface area contributed by atoms with Crippen molar-refractivity contribution in [2.75, 3.05) is 7.05 Å². The highest BCUT2D eigenvalue weighted by Crippen LogP contribution is 2.29. The monoisotopic (exact) mass is 259 g/mol. The Hall–Kier alpha value is -1.32. The summed E-state index contributed by atoms with van der Waals surface area (Å²) in [7, 11) is 4.13. The molecule has 0 aliphatic rings. The van der Waals surface area contributed by atoms with Gasteiger partial charge in [0.05, 0.1) is 0 Å². The minimum absolute atomic E-state index is 0.111. The van der Waals surface area contributed by atoms with Crippen LogP contribution in [0.4, 0.5) is 0 Å². The average Bonchev–Trinajstić information content (AvgIpc) is 2.68. The van der Waals surface area contributed by atoms with E-state index in [1.54, 1.807) is 0 Å². The van der Waals surface area contributed by atoms with Crippen molar-refractivity contribution < 1.29 is 0 Å². The quantitative estimate of drug-likeness (QED) is 0.867. The Morgan fingerprint density at radius 1 is 1.32 bits per heavy atom. The van der Waals surface area contributed by atoms with Crippen molar-refractivity contribution in [3.8, 4) is 0 Å². The number of fused-ring (bicyclic) bond motifs is 1. The number of rotatable bonds is 5. The molecule has 104 valence electrons. The summed E-state index contributed by atoms with van der Waals surface area (Å²) in [6.07, 6.45) is 4.28. The summed E-state index contributed by atoms with van der Waals surface area (Å²) in [5.74, 6) is 0. The second kappa shape index (κ2) is 5.35. The van der Waals surface area contributed by atoms with Gasteiger partial charge in [0.15, 0.2) is 0 Å². The molecule has 0 saturated carbocycles. The van der Waals surface area contributed by atoms with Gasteiger partial charge in [-0.15, -0.1) is 0 Å². The van der Waals surface area contributed by atoms with Crippen LogP contribution in [0.25, 0.3) is 10.9 Å². The Morgan fingerprint density at radius 2 is 2.00 bits per heavy atom. The molecule has 0 saturated heterocycles. The van der Waals surface area contributed by atoms with Crippen molar-refractivity contribution in [3.05, 3.63) is 36.0 Å². The first-order valence-corrected chi connectivity index (χ1v) is 6.92. The number of aromatic nitrogens is 1. The van der Waals surface area contributed by atoms with E-state index in [1.165, 1.54) is 16.5 Å². The molecule has 1 aromatic carbocycles. The van der Waals surface area contributed by atoms with E-state index in [4.69, 9.17) is 5.73 Å². The second-order valence-electron chi connectivity index (χ2n) is 6.08. The number of aryl methyl sites for hydroxylation is 1. The normalized spacial score (nSPS) is 13.9. The van der Waals surface area contributed by atoms with E-state index in [0.29, 0.717) is 6.04 Å². The van der Waals surface area contributed by atoms with Gasteiger partial charge in [-0.25, -0.2) is 0 Å². The molecule has 0 aliphatic heterocycles. The fraction of sp³-hybridized carbons (Fsp3) is 0.500. The summed E-state index contributed by atoms with van der Waals surface area (Å²) in [5, 5.41) is 4.76. The van der Waals surface area contributed by atoms with E-state index < -0.39 is 0 Å². The fourth-order valence-corrected chi connectivity index (χ4v) is 2.62. The number of nitrogens with one attached hydrogen (secondary N) is 1. The van der Waals surface area contributed by atoms with Crippen LogP contribution in [-0.2, 0) is 7.05 Å². The van der Waals surface area contributed by atoms with Crippen LogP contribution in [0, 0.1) is 0 Å². The zero-order chi connectivity index (χ0) is 14.0. The third kappa shape index (κ3) is 3.17. The summed E-state index contributed by atoms with van der Waals surface area (Å²) in [4.78, 5) is 0. The third-order valence-corrected chi connectivity index (χ3v) is 3.73. The van der Waals surface area contributed by atoms with Gasteiger partial charge in [0.2, 0.25) is 0 Å². The molecule has 0 bridgehead atoms. The van der Waals surface area contributed by atoms with E-state index in [-0.39, 0.29) is 5.54 Å². The van der Waals surface area contributed by atoms with Crippen molar-refractivity contribution in [1.82, 2.24) is 9.88 Å². The van der Waals surface area contributed by atoms with Crippen LogP contribution in [0.3, 0.4) is 0 Å². The highest BCUT2D eigenvalue weighted by molar-refractivity contribution is 5.84. The molecule has 2 rings (SSSR count).